The van der Waals surface area contributed by atoms with Gasteiger partial charge in [-0.15, -0.1) is 0 Å². The van der Waals surface area contributed by atoms with Crippen LogP contribution in [-0.2, 0) is 15.8 Å². The number of carbonyl (C=O) groups is 2. The number of alkyl halides is 3. The Hall–Kier alpha value is -2.25. The average Bonchev–Trinajstić information content (AvgIpc) is 3.07. The molecule has 0 bridgehead atoms. The van der Waals surface area contributed by atoms with Crippen molar-refractivity contribution in [3.63, 3.8) is 0 Å². The lowest BCUT2D eigenvalue weighted by Crippen LogP contribution is -2.35. The molecule has 4 nitrogen and oxygen atoms in total. The Morgan fingerprint density at radius 1 is 1.11 bits per heavy atom. The van der Waals surface area contributed by atoms with Crippen molar-refractivity contribution in [2.75, 3.05) is 6.54 Å². The summed E-state index contributed by atoms with van der Waals surface area (Å²) in [6.07, 6.45) is -4.60. The standard InChI is InChI=1S/C19H15Cl2F3N2O2/c20-13-4-1-10(2-5-13)17(26-18(28)12-8-16(27)25-9-12)11-3-6-15(21)14(7-11)19(22,23)24/h1-7,12,17H,8-9H2,(H,25,27)(H,26,28)/t12-,17-/m0/s1. The molecular weight excluding hydrogens is 416 g/mol. The molecule has 1 aliphatic rings. The van der Waals surface area contributed by atoms with Gasteiger partial charge in [0, 0.05) is 18.0 Å². The highest BCUT2D eigenvalue weighted by atomic mass is 35.5. The number of hydrogen-bond donors (Lipinski definition) is 2. The van der Waals surface area contributed by atoms with Gasteiger partial charge in [-0.3, -0.25) is 9.59 Å². The molecule has 0 radical (unpaired) electrons. The molecule has 2 aromatic carbocycles. The van der Waals surface area contributed by atoms with Crippen LogP contribution in [0.2, 0.25) is 10.0 Å². The maximum Gasteiger partial charge on any atom is 0.417 e. The normalized spacial score (nSPS) is 17.9. The van der Waals surface area contributed by atoms with Gasteiger partial charge in [-0.05, 0) is 35.4 Å². The summed E-state index contributed by atoms with van der Waals surface area (Å²) in [5.74, 6) is -1.26. The van der Waals surface area contributed by atoms with Gasteiger partial charge in [0.25, 0.3) is 0 Å². The Bertz CT molecular complexity index is 901. The van der Waals surface area contributed by atoms with Crippen LogP contribution in [-0.4, -0.2) is 18.4 Å². The zero-order valence-electron chi connectivity index (χ0n) is 14.3. The average molecular weight is 431 g/mol. The summed E-state index contributed by atoms with van der Waals surface area (Å²) in [5.41, 5.74) is -0.229. The first-order chi connectivity index (χ1) is 13.1. The number of benzene rings is 2. The monoisotopic (exact) mass is 430 g/mol. The van der Waals surface area contributed by atoms with Gasteiger partial charge < -0.3 is 10.6 Å². The lowest BCUT2D eigenvalue weighted by molar-refractivity contribution is -0.137. The van der Waals surface area contributed by atoms with Gasteiger partial charge in [-0.1, -0.05) is 41.4 Å². The third kappa shape index (κ3) is 4.59. The van der Waals surface area contributed by atoms with E-state index in [0.29, 0.717) is 10.6 Å². The Labute approximate surface area is 169 Å². The molecule has 0 aromatic heterocycles. The van der Waals surface area contributed by atoms with Gasteiger partial charge in [0.15, 0.2) is 0 Å². The number of nitrogens with one attached hydrogen (secondary N) is 2. The van der Waals surface area contributed by atoms with Crippen LogP contribution in [0.25, 0.3) is 0 Å². The van der Waals surface area contributed by atoms with E-state index in [1.807, 2.05) is 0 Å². The molecule has 9 heteroatoms. The van der Waals surface area contributed by atoms with E-state index in [0.717, 1.165) is 12.1 Å². The molecular formula is C19H15Cl2F3N2O2. The minimum atomic E-state index is -4.64. The Balaban J connectivity index is 1.98. The van der Waals surface area contributed by atoms with Crippen LogP contribution in [0.3, 0.4) is 0 Å². The second kappa shape index (κ2) is 8.01. The van der Waals surface area contributed by atoms with Gasteiger partial charge in [0.1, 0.15) is 0 Å². The molecule has 0 saturated carbocycles. The van der Waals surface area contributed by atoms with Crippen LogP contribution in [0, 0.1) is 5.92 Å². The highest BCUT2D eigenvalue weighted by molar-refractivity contribution is 6.31. The van der Waals surface area contributed by atoms with E-state index in [-0.39, 0.29) is 24.4 Å². The van der Waals surface area contributed by atoms with Gasteiger partial charge in [0.2, 0.25) is 11.8 Å². The summed E-state index contributed by atoms with van der Waals surface area (Å²) in [6, 6.07) is 9.03. The molecule has 2 atom stereocenters. The molecule has 28 heavy (non-hydrogen) atoms. The SMILES string of the molecule is O=C1C[C@H](C(=O)N[C@@H](c2ccc(Cl)cc2)c2ccc(Cl)c(C(F)(F)F)c2)CN1. The Kier molecular flexibility index (Phi) is 5.86. The fourth-order valence-electron chi connectivity index (χ4n) is 3.00. The molecule has 1 saturated heterocycles. The van der Waals surface area contributed by atoms with Crippen molar-refractivity contribution in [1.29, 1.82) is 0 Å². The molecule has 0 aliphatic carbocycles. The second-order valence-electron chi connectivity index (χ2n) is 6.44. The smallest absolute Gasteiger partial charge is 0.355 e. The van der Waals surface area contributed by atoms with E-state index in [4.69, 9.17) is 23.2 Å². The van der Waals surface area contributed by atoms with Crippen LogP contribution in [0.1, 0.15) is 29.2 Å². The predicted octanol–water partition coefficient (Wildman–Crippen LogP) is 4.35. The number of hydrogen-bond acceptors (Lipinski definition) is 2. The largest absolute Gasteiger partial charge is 0.417 e. The molecule has 148 valence electrons. The number of halogens is 5. The molecule has 2 amide bonds. The highest BCUT2D eigenvalue weighted by Gasteiger charge is 2.35. The summed E-state index contributed by atoms with van der Waals surface area (Å²) in [4.78, 5) is 24.0. The topological polar surface area (TPSA) is 58.2 Å². The summed E-state index contributed by atoms with van der Waals surface area (Å²) in [5, 5.41) is 5.33. The van der Waals surface area contributed by atoms with Gasteiger partial charge >= 0.3 is 6.18 Å². The van der Waals surface area contributed by atoms with E-state index in [9.17, 15) is 22.8 Å². The van der Waals surface area contributed by atoms with Crippen LogP contribution in [0.4, 0.5) is 13.2 Å². The molecule has 1 heterocycles. The van der Waals surface area contributed by atoms with Crippen LogP contribution < -0.4 is 10.6 Å². The molecule has 2 N–H and O–H groups in total. The molecule has 0 unspecified atom stereocenters. The maximum absolute atomic E-state index is 13.3. The minimum Gasteiger partial charge on any atom is -0.355 e. The third-order valence-corrected chi connectivity index (χ3v) is 5.05. The van der Waals surface area contributed by atoms with Crippen LogP contribution in [0.15, 0.2) is 42.5 Å². The van der Waals surface area contributed by atoms with Crippen molar-refractivity contribution < 1.29 is 22.8 Å². The fourth-order valence-corrected chi connectivity index (χ4v) is 3.36. The zero-order valence-corrected chi connectivity index (χ0v) is 15.8. The van der Waals surface area contributed by atoms with Gasteiger partial charge in [-0.25, -0.2) is 0 Å². The van der Waals surface area contributed by atoms with Crippen molar-refractivity contribution in [2.45, 2.75) is 18.6 Å². The van der Waals surface area contributed by atoms with E-state index >= 15 is 0 Å². The van der Waals surface area contributed by atoms with Crippen LogP contribution in [0.5, 0.6) is 0 Å². The van der Waals surface area contributed by atoms with E-state index in [1.165, 1.54) is 6.07 Å². The van der Waals surface area contributed by atoms with Crippen molar-refractivity contribution in [3.8, 4) is 0 Å². The fraction of sp³-hybridized carbons (Fsp3) is 0.263. The first-order valence-corrected chi connectivity index (χ1v) is 9.10. The lowest BCUT2D eigenvalue weighted by atomic mass is 9.95. The Morgan fingerprint density at radius 3 is 2.32 bits per heavy atom. The summed E-state index contributed by atoms with van der Waals surface area (Å²) < 4.78 is 39.8. The summed E-state index contributed by atoms with van der Waals surface area (Å²) in [7, 11) is 0. The molecule has 0 spiro atoms. The van der Waals surface area contributed by atoms with E-state index in [1.54, 1.807) is 24.3 Å². The Morgan fingerprint density at radius 2 is 1.75 bits per heavy atom. The van der Waals surface area contributed by atoms with E-state index in [2.05, 4.69) is 10.6 Å². The van der Waals surface area contributed by atoms with Crippen molar-refractivity contribution >= 4 is 35.0 Å². The number of amides is 2. The summed E-state index contributed by atoms with van der Waals surface area (Å²) >= 11 is 11.6. The predicted molar refractivity (Wildman–Crippen MR) is 99.0 cm³/mol. The first kappa shape index (κ1) is 20.5. The van der Waals surface area contributed by atoms with Gasteiger partial charge in [-0.2, -0.15) is 13.2 Å². The summed E-state index contributed by atoms with van der Waals surface area (Å²) in [6.45, 7) is 0.187. The highest BCUT2D eigenvalue weighted by Crippen LogP contribution is 2.37. The number of carbonyl (C=O) groups excluding carboxylic acids is 2. The first-order valence-electron chi connectivity index (χ1n) is 8.34. The van der Waals surface area contributed by atoms with Crippen LogP contribution >= 0.6 is 23.2 Å². The number of rotatable bonds is 4. The third-order valence-electron chi connectivity index (χ3n) is 4.47. The minimum absolute atomic E-state index is 0.0353. The molecule has 3 rings (SSSR count). The van der Waals surface area contributed by atoms with Crippen molar-refractivity contribution in [3.05, 3.63) is 69.2 Å². The second-order valence-corrected chi connectivity index (χ2v) is 7.28. The molecule has 1 fully saturated rings. The van der Waals surface area contributed by atoms with Crippen molar-refractivity contribution in [1.82, 2.24) is 10.6 Å². The quantitative estimate of drug-likeness (QED) is 0.757. The van der Waals surface area contributed by atoms with E-state index < -0.39 is 34.6 Å². The molecule has 1 aliphatic heterocycles. The lowest BCUT2D eigenvalue weighted by Gasteiger charge is -2.23. The zero-order chi connectivity index (χ0) is 20.5. The maximum atomic E-state index is 13.3. The van der Waals surface area contributed by atoms with Gasteiger partial charge in [0.05, 0.1) is 22.5 Å². The van der Waals surface area contributed by atoms with Crippen molar-refractivity contribution in [2.24, 2.45) is 5.92 Å². The molecule has 2 aromatic rings.